The lowest BCUT2D eigenvalue weighted by atomic mass is 10.0. The zero-order valence-corrected chi connectivity index (χ0v) is 39.6. The van der Waals surface area contributed by atoms with E-state index in [4.69, 9.17) is 73.3 Å². The second-order valence-corrected chi connectivity index (χ2v) is 16.8. The van der Waals surface area contributed by atoms with Crippen LogP contribution >= 0.6 is 58.0 Å². The van der Waals surface area contributed by atoms with Crippen LogP contribution in [-0.2, 0) is 40.1 Å². The van der Waals surface area contributed by atoms with Gasteiger partial charge in [0.2, 0.25) is 0 Å². The Hall–Kier alpha value is -5.49. The second kappa shape index (κ2) is 23.4. The highest BCUT2D eigenvalue weighted by Gasteiger charge is 2.15. The number of aryl methyl sites for hydroxylation is 3. The summed E-state index contributed by atoms with van der Waals surface area (Å²) in [4.78, 5) is 33.0. The Balaban J connectivity index is 0.000000210. The fourth-order valence-corrected chi connectivity index (χ4v) is 7.30. The third-order valence-electron chi connectivity index (χ3n) is 9.89. The number of halogens is 6. The Labute approximate surface area is 397 Å². The molecule has 0 aliphatic rings. The lowest BCUT2D eigenvalue weighted by Gasteiger charge is -2.15. The van der Waals surface area contributed by atoms with Gasteiger partial charge in [-0.3, -0.25) is 14.4 Å². The molecule has 0 fully saturated rings. The Morgan fingerprint density at radius 3 is 1.19 bits per heavy atom. The lowest BCUT2D eigenvalue weighted by Crippen LogP contribution is -2.05. The van der Waals surface area contributed by atoms with E-state index in [-0.39, 0.29) is 24.9 Å². The molecule has 6 N–H and O–H groups in total. The summed E-state index contributed by atoms with van der Waals surface area (Å²) in [5.74, 6) is -3.11. The third kappa shape index (κ3) is 14.3. The van der Waals surface area contributed by atoms with Gasteiger partial charge in [0.25, 0.3) is 0 Å². The molecule has 0 amide bonds. The van der Waals surface area contributed by atoms with Crippen molar-refractivity contribution in [2.45, 2.75) is 67.2 Å². The molecule has 0 saturated heterocycles. The molecule has 0 unspecified atom stereocenters. The summed E-state index contributed by atoms with van der Waals surface area (Å²) in [7, 11) is 0. The number of rotatable bonds is 13. The SMILES string of the molecule is CCc1ccc(Nc2ccc(Cl)c(C)c2Cl)c(CC(=O)O)c1.Cc1ccc(Nc2ccc(Cl)c(C)c2Cl)c(CC(=O)O)c1.Cc1ccc(Nc2ccc(Cl)c(C)c2F)c(CC(=O)O)c1. The van der Waals surface area contributed by atoms with E-state index in [0.717, 1.165) is 51.2 Å². The van der Waals surface area contributed by atoms with E-state index in [2.05, 4.69) is 16.0 Å². The monoisotopic (exact) mass is 967 g/mol. The Morgan fingerprint density at radius 1 is 0.469 bits per heavy atom. The van der Waals surface area contributed by atoms with Crippen molar-refractivity contribution >= 4 is 110 Å². The molecule has 15 heteroatoms. The van der Waals surface area contributed by atoms with Gasteiger partial charge >= 0.3 is 17.9 Å². The molecule has 6 rings (SSSR count). The Bertz CT molecular complexity index is 2570. The fraction of sp³-hybridized carbons (Fsp3) is 0.204. The van der Waals surface area contributed by atoms with E-state index in [1.807, 2.05) is 77.1 Å². The molecule has 6 aromatic carbocycles. The topological polar surface area (TPSA) is 148 Å². The highest BCUT2D eigenvalue weighted by Crippen LogP contribution is 2.36. The maximum absolute atomic E-state index is 14.2. The summed E-state index contributed by atoms with van der Waals surface area (Å²) in [6.07, 6.45) is 0.639. The number of nitrogens with one attached hydrogen (secondary N) is 3. The molecule has 336 valence electrons. The number of hydrogen-bond acceptors (Lipinski definition) is 6. The number of aliphatic carboxylic acids is 3. The first-order valence-corrected chi connectivity index (χ1v) is 21.7. The van der Waals surface area contributed by atoms with Gasteiger partial charge < -0.3 is 31.3 Å². The van der Waals surface area contributed by atoms with Crippen LogP contribution in [0.25, 0.3) is 0 Å². The van der Waals surface area contributed by atoms with Gasteiger partial charge in [-0.15, -0.1) is 0 Å². The lowest BCUT2D eigenvalue weighted by molar-refractivity contribution is -0.137. The van der Waals surface area contributed by atoms with E-state index >= 15 is 0 Å². The van der Waals surface area contributed by atoms with Crippen molar-refractivity contribution in [1.82, 2.24) is 0 Å². The molecule has 0 saturated carbocycles. The van der Waals surface area contributed by atoms with Crippen LogP contribution in [0.15, 0.2) is 91.0 Å². The maximum atomic E-state index is 14.2. The van der Waals surface area contributed by atoms with Crippen molar-refractivity contribution in [3.05, 3.63) is 172 Å². The summed E-state index contributed by atoms with van der Waals surface area (Å²) in [5.41, 5.74) is 10.8. The first-order valence-electron chi connectivity index (χ1n) is 19.8. The number of carboxylic acids is 3. The van der Waals surface area contributed by atoms with E-state index < -0.39 is 23.7 Å². The average Bonchev–Trinajstić information content (AvgIpc) is 3.23. The Kier molecular flexibility index (Phi) is 18.7. The molecule has 0 aliphatic heterocycles. The number of hydrogen-bond donors (Lipinski definition) is 6. The zero-order valence-electron chi connectivity index (χ0n) is 35.8. The second-order valence-electron chi connectivity index (χ2n) is 14.9. The smallest absolute Gasteiger partial charge is 0.307 e. The van der Waals surface area contributed by atoms with Crippen molar-refractivity contribution in [2.75, 3.05) is 16.0 Å². The minimum atomic E-state index is -0.934. The van der Waals surface area contributed by atoms with Crippen molar-refractivity contribution < 1.29 is 34.1 Å². The van der Waals surface area contributed by atoms with Crippen LogP contribution < -0.4 is 16.0 Å². The summed E-state index contributed by atoms with van der Waals surface area (Å²) in [6, 6.07) is 27.0. The van der Waals surface area contributed by atoms with Gasteiger partial charge in [0, 0.05) is 37.7 Å². The van der Waals surface area contributed by atoms with Gasteiger partial charge in [-0.25, -0.2) is 4.39 Å². The minimum absolute atomic E-state index is 0.0413. The van der Waals surface area contributed by atoms with Crippen molar-refractivity contribution in [1.29, 1.82) is 0 Å². The number of carbonyl (C=O) groups is 3. The summed E-state index contributed by atoms with van der Waals surface area (Å²) in [6.45, 7) is 11.1. The molecule has 0 heterocycles. The van der Waals surface area contributed by atoms with Gasteiger partial charge in [-0.2, -0.15) is 0 Å². The van der Waals surface area contributed by atoms with Gasteiger partial charge in [0.15, 0.2) is 5.82 Å². The number of anilines is 6. The first kappa shape index (κ1) is 51.1. The van der Waals surface area contributed by atoms with Crippen molar-refractivity contribution in [3.8, 4) is 0 Å². The quantitative estimate of drug-likeness (QED) is 0.0665. The van der Waals surface area contributed by atoms with E-state index in [0.29, 0.717) is 58.9 Å². The predicted octanol–water partition coefficient (Wildman–Crippen LogP) is 14.7. The zero-order chi connectivity index (χ0) is 47.4. The molecule has 0 aromatic heterocycles. The largest absolute Gasteiger partial charge is 0.481 e. The molecule has 0 radical (unpaired) electrons. The highest BCUT2D eigenvalue weighted by molar-refractivity contribution is 6.38. The van der Waals surface area contributed by atoms with Crippen LogP contribution in [0.1, 0.15) is 57.0 Å². The molecule has 0 bridgehead atoms. The first-order chi connectivity index (χ1) is 30.2. The van der Waals surface area contributed by atoms with Crippen LogP contribution in [0, 0.1) is 40.4 Å². The normalized spacial score (nSPS) is 10.5. The molecule has 6 aromatic rings. The minimum Gasteiger partial charge on any atom is -0.481 e. The van der Waals surface area contributed by atoms with Gasteiger partial charge in [0.1, 0.15) is 0 Å². The third-order valence-corrected chi connectivity index (χ3v) is 12.1. The molecule has 0 atom stereocenters. The Morgan fingerprint density at radius 2 is 0.797 bits per heavy atom. The standard InChI is InChI=1S/C17H17Cl2NO2.C16H15Cl2NO2.C16H15ClFNO2/c1-3-11-4-6-14(12(8-11)9-16(21)22)20-15-7-5-13(18)10(2)17(15)19;2*1-9-3-5-13(11(7-9)8-15(20)21)19-14-6-4-12(17)10(2)16(14)18/h4-8,20H,3,9H2,1-2H3,(H,21,22);2*3-7,19H,8H2,1-2H3,(H,20,21). The van der Waals surface area contributed by atoms with Crippen molar-refractivity contribution in [3.63, 3.8) is 0 Å². The van der Waals surface area contributed by atoms with Crippen LogP contribution in [0.3, 0.4) is 0 Å². The van der Waals surface area contributed by atoms with Crippen molar-refractivity contribution in [2.24, 2.45) is 0 Å². The van der Waals surface area contributed by atoms with E-state index in [9.17, 15) is 18.8 Å². The van der Waals surface area contributed by atoms with Gasteiger partial charge in [0.05, 0.1) is 46.4 Å². The van der Waals surface area contributed by atoms with Crippen LogP contribution in [0.2, 0.25) is 25.1 Å². The average molecular weight is 970 g/mol. The summed E-state index contributed by atoms with van der Waals surface area (Å²) < 4.78 is 14.2. The number of carboxylic acid groups (broad SMARTS) is 3. The molecular formula is C49H47Cl5FN3O6. The van der Waals surface area contributed by atoms with Gasteiger partial charge in [-0.1, -0.05) is 112 Å². The molecular weight excluding hydrogens is 923 g/mol. The summed E-state index contributed by atoms with van der Waals surface area (Å²) in [5, 5.41) is 39.0. The van der Waals surface area contributed by atoms with Crippen LogP contribution in [0.4, 0.5) is 38.5 Å². The highest BCUT2D eigenvalue weighted by atomic mass is 35.5. The maximum Gasteiger partial charge on any atom is 0.307 e. The van der Waals surface area contributed by atoms with Crippen LogP contribution in [0.5, 0.6) is 0 Å². The number of benzene rings is 6. The molecule has 64 heavy (non-hydrogen) atoms. The van der Waals surface area contributed by atoms with Crippen LogP contribution in [-0.4, -0.2) is 33.2 Å². The molecule has 0 aliphatic carbocycles. The van der Waals surface area contributed by atoms with Gasteiger partial charge in [-0.05, 0) is 129 Å². The molecule has 9 nitrogen and oxygen atoms in total. The van der Waals surface area contributed by atoms with E-state index in [1.54, 1.807) is 49.4 Å². The molecule has 0 spiro atoms. The predicted molar refractivity (Wildman–Crippen MR) is 261 cm³/mol. The fourth-order valence-electron chi connectivity index (χ4n) is 6.31. The summed E-state index contributed by atoms with van der Waals surface area (Å²) >= 11 is 30.5. The van der Waals surface area contributed by atoms with E-state index in [1.165, 1.54) is 6.07 Å².